The normalized spacial score (nSPS) is 15.5. The van der Waals surface area contributed by atoms with Crippen molar-refractivity contribution in [2.24, 2.45) is 0 Å². The second kappa shape index (κ2) is 8.59. The largest absolute Gasteiger partial charge is 0.365 e. The van der Waals surface area contributed by atoms with Crippen LogP contribution in [0, 0.1) is 21.4 Å². The first-order valence-corrected chi connectivity index (χ1v) is 11.1. The molecular formula is C20H22N4O4S. The Morgan fingerprint density at radius 1 is 1.10 bits per heavy atom. The van der Waals surface area contributed by atoms with Gasteiger partial charge < -0.3 is 4.90 Å². The highest BCUT2D eigenvalue weighted by atomic mass is 32.2. The maximum absolute atomic E-state index is 12.0. The van der Waals surface area contributed by atoms with Crippen molar-refractivity contribution < 1.29 is 13.3 Å². The summed E-state index contributed by atoms with van der Waals surface area (Å²) in [5.41, 5.74) is 1.71. The Morgan fingerprint density at radius 2 is 1.83 bits per heavy atom. The molecule has 2 aromatic carbocycles. The van der Waals surface area contributed by atoms with Crippen LogP contribution in [-0.4, -0.2) is 50.7 Å². The van der Waals surface area contributed by atoms with Gasteiger partial charge in [0.1, 0.15) is 10.6 Å². The molecule has 0 bridgehead atoms. The van der Waals surface area contributed by atoms with Crippen molar-refractivity contribution in [2.45, 2.75) is 17.9 Å². The first-order chi connectivity index (χ1) is 13.8. The average Bonchev–Trinajstić information content (AvgIpc) is 2.93. The van der Waals surface area contributed by atoms with Gasteiger partial charge in [-0.3, -0.25) is 15.0 Å². The fourth-order valence-corrected chi connectivity index (χ4v) is 4.42. The predicted octanol–water partition coefficient (Wildman–Crippen LogP) is 2.58. The number of para-hydroxylation sites is 1. The summed E-state index contributed by atoms with van der Waals surface area (Å²) in [6, 6.07) is 14.0. The Bertz CT molecular complexity index is 1050. The first kappa shape index (κ1) is 20.8. The molecule has 0 aromatic heterocycles. The van der Waals surface area contributed by atoms with Crippen LogP contribution in [0.5, 0.6) is 0 Å². The zero-order valence-electron chi connectivity index (χ0n) is 16.1. The summed E-state index contributed by atoms with van der Waals surface area (Å²) in [6.07, 6.45) is 1.79. The van der Waals surface area contributed by atoms with Gasteiger partial charge in [0.25, 0.3) is 0 Å². The van der Waals surface area contributed by atoms with Gasteiger partial charge in [-0.25, -0.2) is 8.42 Å². The Labute approximate surface area is 170 Å². The number of benzene rings is 2. The molecule has 8 nitrogen and oxygen atoms in total. The number of hydrogen-bond donors (Lipinski definition) is 0. The number of nitriles is 1. The van der Waals surface area contributed by atoms with E-state index in [1.807, 2.05) is 17.0 Å². The van der Waals surface area contributed by atoms with E-state index in [0.29, 0.717) is 30.9 Å². The maximum atomic E-state index is 12.0. The third-order valence-electron chi connectivity index (χ3n) is 4.98. The lowest BCUT2D eigenvalue weighted by molar-refractivity contribution is -0.387. The summed E-state index contributed by atoms with van der Waals surface area (Å²) in [5, 5.41) is 20.6. The van der Waals surface area contributed by atoms with Crippen molar-refractivity contribution in [3.63, 3.8) is 0 Å². The van der Waals surface area contributed by atoms with Gasteiger partial charge in [-0.15, -0.1) is 0 Å². The summed E-state index contributed by atoms with van der Waals surface area (Å²) in [5.74, 6) is 0. The molecule has 1 aliphatic rings. The van der Waals surface area contributed by atoms with Gasteiger partial charge in [-0.2, -0.15) is 5.26 Å². The summed E-state index contributed by atoms with van der Waals surface area (Å²) in [6.45, 7) is 3.42. The van der Waals surface area contributed by atoms with E-state index in [1.165, 1.54) is 6.07 Å². The SMILES string of the molecule is CS(=O)(=O)c1cccc(N2CCCN(Cc3ccc(C#N)cc3)CC2)c1[N+](=O)[O-]. The van der Waals surface area contributed by atoms with E-state index in [1.54, 1.807) is 24.3 Å². The van der Waals surface area contributed by atoms with Crippen molar-refractivity contribution >= 4 is 21.2 Å². The minimum Gasteiger partial charge on any atom is -0.365 e. The zero-order valence-corrected chi connectivity index (χ0v) is 16.9. The Kier molecular flexibility index (Phi) is 6.15. The van der Waals surface area contributed by atoms with E-state index >= 15 is 0 Å². The van der Waals surface area contributed by atoms with Gasteiger partial charge >= 0.3 is 5.69 Å². The minimum atomic E-state index is -3.71. The number of rotatable bonds is 5. The molecule has 0 amide bonds. The monoisotopic (exact) mass is 414 g/mol. The number of nitro benzene ring substituents is 1. The number of nitrogens with zero attached hydrogens (tertiary/aromatic N) is 4. The molecule has 0 atom stereocenters. The first-order valence-electron chi connectivity index (χ1n) is 9.23. The lowest BCUT2D eigenvalue weighted by atomic mass is 10.1. The predicted molar refractivity (Wildman–Crippen MR) is 109 cm³/mol. The summed E-state index contributed by atoms with van der Waals surface area (Å²) in [4.78, 5) is 15.0. The van der Waals surface area contributed by atoms with Gasteiger partial charge in [0.2, 0.25) is 0 Å². The Balaban J connectivity index is 1.79. The van der Waals surface area contributed by atoms with Crippen LogP contribution in [0.1, 0.15) is 17.5 Å². The van der Waals surface area contributed by atoms with Crippen molar-refractivity contribution in [1.82, 2.24) is 4.90 Å². The van der Waals surface area contributed by atoms with Crippen molar-refractivity contribution in [2.75, 3.05) is 37.3 Å². The molecule has 29 heavy (non-hydrogen) atoms. The molecule has 3 rings (SSSR count). The van der Waals surface area contributed by atoms with Crippen molar-refractivity contribution in [3.05, 3.63) is 63.7 Å². The topological polar surface area (TPSA) is 108 Å². The number of nitro groups is 1. The molecule has 0 saturated carbocycles. The van der Waals surface area contributed by atoms with E-state index in [2.05, 4.69) is 11.0 Å². The zero-order chi connectivity index (χ0) is 21.0. The van der Waals surface area contributed by atoms with Crippen LogP contribution >= 0.6 is 0 Å². The van der Waals surface area contributed by atoms with E-state index < -0.39 is 14.8 Å². The summed E-state index contributed by atoms with van der Waals surface area (Å²) in [7, 11) is -3.71. The van der Waals surface area contributed by atoms with Crippen LogP contribution < -0.4 is 4.90 Å². The molecule has 1 saturated heterocycles. The highest BCUT2D eigenvalue weighted by molar-refractivity contribution is 7.90. The van der Waals surface area contributed by atoms with Gasteiger partial charge in [0.15, 0.2) is 9.84 Å². The van der Waals surface area contributed by atoms with E-state index in [4.69, 9.17) is 5.26 Å². The van der Waals surface area contributed by atoms with Gasteiger partial charge in [0.05, 0.1) is 16.6 Å². The van der Waals surface area contributed by atoms with Gasteiger partial charge in [-0.1, -0.05) is 18.2 Å². The lowest BCUT2D eigenvalue weighted by Crippen LogP contribution is -2.31. The summed E-state index contributed by atoms with van der Waals surface area (Å²) < 4.78 is 24.0. The lowest BCUT2D eigenvalue weighted by Gasteiger charge is -2.24. The maximum Gasteiger partial charge on any atom is 0.311 e. The highest BCUT2D eigenvalue weighted by Gasteiger charge is 2.29. The van der Waals surface area contributed by atoms with Crippen LogP contribution in [0.15, 0.2) is 47.4 Å². The second-order valence-corrected chi connectivity index (χ2v) is 9.06. The molecule has 0 spiro atoms. The fourth-order valence-electron chi connectivity index (χ4n) is 3.56. The molecule has 1 fully saturated rings. The second-order valence-electron chi connectivity index (χ2n) is 7.08. The Morgan fingerprint density at radius 3 is 2.45 bits per heavy atom. The number of anilines is 1. The van der Waals surface area contributed by atoms with Crippen molar-refractivity contribution in [3.8, 4) is 6.07 Å². The molecule has 0 N–H and O–H groups in total. The van der Waals surface area contributed by atoms with Crippen LogP contribution in [-0.2, 0) is 16.4 Å². The standard InChI is InChI=1S/C20H22N4O4S/c1-29(27,28)19-5-2-4-18(20(19)24(25)26)23-11-3-10-22(12-13-23)15-17-8-6-16(14-21)7-9-17/h2,4-9H,3,10-13,15H2,1H3. The molecular weight excluding hydrogens is 392 g/mol. The molecule has 0 radical (unpaired) electrons. The molecule has 1 aliphatic heterocycles. The molecule has 0 aliphatic carbocycles. The van der Waals surface area contributed by atoms with E-state index in [9.17, 15) is 18.5 Å². The van der Waals surface area contributed by atoms with E-state index in [0.717, 1.165) is 31.3 Å². The van der Waals surface area contributed by atoms with Crippen LogP contribution in [0.2, 0.25) is 0 Å². The quantitative estimate of drug-likeness (QED) is 0.546. The number of hydrogen-bond acceptors (Lipinski definition) is 7. The fraction of sp³-hybridized carbons (Fsp3) is 0.350. The van der Waals surface area contributed by atoms with Crippen molar-refractivity contribution in [1.29, 1.82) is 5.26 Å². The molecule has 9 heteroatoms. The third-order valence-corrected chi connectivity index (χ3v) is 6.11. The number of sulfone groups is 1. The minimum absolute atomic E-state index is 0.251. The van der Waals surface area contributed by atoms with Crippen LogP contribution in [0.25, 0.3) is 0 Å². The van der Waals surface area contributed by atoms with Crippen LogP contribution in [0.3, 0.4) is 0 Å². The molecule has 152 valence electrons. The third kappa shape index (κ3) is 4.91. The van der Waals surface area contributed by atoms with E-state index in [-0.39, 0.29) is 10.6 Å². The van der Waals surface area contributed by atoms with Gasteiger partial charge in [0, 0.05) is 39.0 Å². The van der Waals surface area contributed by atoms with Crippen LogP contribution in [0.4, 0.5) is 11.4 Å². The molecule has 0 unspecified atom stereocenters. The van der Waals surface area contributed by atoms with Gasteiger partial charge in [-0.05, 0) is 36.2 Å². The molecule has 1 heterocycles. The molecule has 2 aromatic rings. The smallest absolute Gasteiger partial charge is 0.311 e. The summed E-state index contributed by atoms with van der Waals surface area (Å²) >= 11 is 0. The highest BCUT2D eigenvalue weighted by Crippen LogP contribution is 2.35. The average molecular weight is 414 g/mol. The Hall–Kier alpha value is -2.96.